The Kier molecular flexibility index (Phi) is 4.90. The van der Waals surface area contributed by atoms with Gasteiger partial charge in [-0.25, -0.2) is 0 Å². The minimum atomic E-state index is -1.96. The maximum absolute atomic E-state index is 5.15. The molecule has 3 heteroatoms. The molecule has 0 amide bonds. The predicted molar refractivity (Wildman–Crippen MR) is 148 cm³/mol. The molecule has 0 atom stereocenters. The third-order valence-electron chi connectivity index (χ3n) is 6.43. The zero-order chi connectivity index (χ0) is 22.6. The van der Waals surface area contributed by atoms with E-state index in [4.69, 9.17) is 4.98 Å². The molecule has 33 heavy (non-hydrogen) atoms. The monoisotopic (exact) mass is 505 g/mol. The van der Waals surface area contributed by atoms with Crippen LogP contribution in [-0.2, 0) is 0 Å². The van der Waals surface area contributed by atoms with E-state index in [0.717, 1.165) is 11.2 Å². The zero-order valence-corrected chi connectivity index (χ0v) is 22.0. The summed E-state index contributed by atoms with van der Waals surface area (Å²) in [4.78, 5) is 5.15. The summed E-state index contributed by atoms with van der Waals surface area (Å²) in [6.45, 7) is 0. The third kappa shape index (κ3) is 3.68. The van der Waals surface area contributed by atoms with Crippen molar-refractivity contribution >= 4 is 60.1 Å². The Morgan fingerprint density at radius 2 is 1.36 bits per heavy atom. The predicted octanol–water partition coefficient (Wildman–Crippen LogP) is 8.48. The van der Waals surface area contributed by atoms with Gasteiger partial charge in [0, 0.05) is 0 Å². The fourth-order valence-electron chi connectivity index (χ4n) is 4.58. The second-order valence-electron chi connectivity index (χ2n) is 9.71. The van der Waals surface area contributed by atoms with Gasteiger partial charge in [0.2, 0.25) is 0 Å². The molecule has 0 spiro atoms. The van der Waals surface area contributed by atoms with Gasteiger partial charge in [0.1, 0.15) is 0 Å². The molecule has 1 nitrogen and oxygen atoms in total. The Hall–Kier alpha value is -2.95. The van der Waals surface area contributed by atoms with Crippen LogP contribution in [0.25, 0.3) is 53.5 Å². The minimum absolute atomic E-state index is 1.03. The summed E-state index contributed by atoms with van der Waals surface area (Å²) < 4.78 is 4.17. The van der Waals surface area contributed by atoms with Gasteiger partial charge in [-0.15, -0.1) is 0 Å². The first-order valence-corrected chi connectivity index (χ1v) is 19.6. The van der Waals surface area contributed by atoms with Crippen LogP contribution < -0.4 is 4.40 Å². The van der Waals surface area contributed by atoms with Gasteiger partial charge in [0.05, 0.1) is 0 Å². The van der Waals surface area contributed by atoms with Crippen LogP contribution in [-0.4, -0.2) is 18.3 Å². The molecule has 0 aliphatic carbocycles. The standard InChI is InChI=1S/C30H25GeNS/c1-31(2,3)22-14-15-27-25(18-22)24(20-9-5-4-6-10-20)19-28(32-27)21-13-16-30-26(17-21)23-11-7-8-12-29(23)33-30/h4-19H,1-3H3. The van der Waals surface area contributed by atoms with Gasteiger partial charge < -0.3 is 0 Å². The van der Waals surface area contributed by atoms with Gasteiger partial charge in [-0.3, -0.25) is 0 Å². The van der Waals surface area contributed by atoms with Crippen molar-refractivity contribution in [3.8, 4) is 22.4 Å². The molecule has 0 aliphatic heterocycles. The number of benzene rings is 4. The average Bonchev–Trinajstić information content (AvgIpc) is 3.21. The molecule has 0 bridgehead atoms. The normalized spacial score (nSPS) is 12.1. The molecule has 0 unspecified atom stereocenters. The summed E-state index contributed by atoms with van der Waals surface area (Å²) in [5.74, 6) is 7.35. The fourth-order valence-corrected chi connectivity index (χ4v) is 8.10. The maximum atomic E-state index is 5.15. The topological polar surface area (TPSA) is 12.9 Å². The van der Waals surface area contributed by atoms with E-state index in [2.05, 4.69) is 114 Å². The molecule has 0 radical (unpaired) electrons. The van der Waals surface area contributed by atoms with Crippen molar-refractivity contribution in [2.45, 2.75) is 17.3 Å². The molecule has 0 saturated heterocycles. The van der Waals surface area contributed by atoms with Crippen LogP contribution in [0, 0.1) is 0 Å². The number of fused-ring (bicyclic) bond motifs is 4. The molecule has 6 aromatic rings. The van der Waals surface area contributed by atoms with E-state index < -0.39 is 13.3 Å². The van der Waals surface area contributed by atoms with Crippen molar-refractivity contribution in [1.29, 1.82) is 0 Å². The zero-order valence-electron chi connectivity index (χ0n) is 19.1. The van der Waals surface area contributed by atoms with Crippen LogP contribution in [0.4, 0.5) is 0 Å². The molecule has 2 aromatic heterocycles. The van der Waals surface area contributed by atoms with Crippen LogP contribution in [0.5, 0.6) is 0 Å². The van der Waals surface area contributed by atoms with Crippen molar-refractivity contribution < 1.29 is 0 Å². The third-order valence-corrected chi connectivity index (χ3v) is 11.9. The van der Waals surface area contributed by atoms with Crippen molar-refractivity contribution in [2.75, 3.05) is 0 Å². The van der Waals surface area contributed by atoms with E-state index in [9.17, 15) is 0 Å². The molecule has 160 valence electrons. The molecule has 4 aromatic carbocycles. The van der Waals surface area contributed by atoms with Crippen LogP contribution in [0.1, 0.15) is 0 Å². The number of pyridine rings is 1. The van der Waals surface area contributed by atoms with E-state index in [1.807, 2.05) is 11.3 Å². The Bertz CT molecular complexity index is 1640. The summed E-state index contributed by atoms with van der Waals surface area (Å²) in [5.41, 5.74) is 5.77. The van der Waals surface area contributed by atoms with Gasteiger partial charge in [0.15, 0.2) is 0 Å². The van der Waals surface area contributed by atoms with Gasteiger partial charge >= 0.3 is 196 Å². The van der Waals surface area contributed by atoms with Gasteiger partial charge in [0.25, 0.3) is 0 Å². The SMILES string of the molecule is [CH3][Ge]([CH3])([CH3])[c]1ccc2nc(-c3ccc4sc5ccccc5c4c3)cc(-c3ccccc3)c2c1. The van der Waals surface area contributed by atoms with Gasteiger partial charge in [-0.1, -0.05) is 6.07 Å². The molecule has 0 saturated carbocycles. The second kappa shape index (κ2) is 7.83. The van der Waals surface area contributed by atoms with E-state index in [-0.39, 0.29) is 0 Å². The van der Waals surface area contributed by atoms with Crippen molar-refractivity contribution in [2.24, 2.45) is 0 Å². The Morgan fingerprint density at radius 3 is 2.18 bits per heavy atom. The first-order valence-electron chi connectivity index (χ1n) is 11.4. The summed E-state index contributed by atoms with van der Waals surface area (Å²) >= 11 is -0.102. The van der Waals surface area contributed by atoms with E-state index >= 15 is 0 Å². The average molecular weight is 504 g/mol. The molecular formula is C30H25GeNS. The molecular weight excluding hydrogens is 479 g/mol. The number of rotatable bonds is 3. The molecule has 0 N–H and O–H groups in total. The van der Waals surface area contributed by atoms with Crippen LogP contribution in [0.3, 0.4) is 0 Å². The Labute approximate surface area is 201 Å². The number of nitrogens with zero attached hydrogens (tertiary/aromatic N) is 1. The van der Waals surface area contributed by atoms with Crippen LogP contribution in [0.15, 0.2) is 97.1 Å². The molecule has 6 rings (SSSR count). The second-order valence-corrected chi connectivity index (χ2v) is 21.4. The summed E-state index contributed by atoms with van der Waals surface area (Å²) in [5, 5.41) is 3.89. The molecule has 2 heterocycles. The fraction of sp³-hybridized carbons (Fsp3) is 0.100. The van der Waals surface area contributed by atoms with Crippen LogP contribution >= 0.6 is 11.3 Å². The van der Waals surface area contributed by atoms with Gasteiger partial charge in [-0.05, 0) is 0 Å². The van der Waals surface area contributed by atoms with Gasteiger partial charge in [-0.2, -0.15) is 0 Å². The molecule has 0 fully saturated rings. The summed E-state index contributed by atoms with van der Waals surface area (Å²) in [7, 11) is 0. The van der Waals surface area contributed by atoms with E-state index in [1.165, 1.54) is 46.6 Å². The quantitative estimate of drug-likeness (QED) is 0.220. The summed E-state index contributed by atoms with van der Waals surface area (Å²) in [6, 6.07) is 35.4. The number of aromatic nitrogens is 1. The summed E-state index contributed by atoms with van der Waals surface area (Å²) in [6.07, 6.45) is 0. The Balaban J connectivity index is 1.61. The number of thiophene rings is 1. The van der Waals surface area contributed by atoms with Crippen LogP contribution in [0.2, 0.25) is 17.3 Å². The number of hydrogen-bond acceptors (Lipinski definition) is 2. The van der Waals surface area contributed by atoms with E-state index in [1.54, 1.807) is 0 Å². The van der Waals surface area contributed by atoms with Crippen molar-refractivity contribution in [1.82, 2.24) is 4.98 Å². The van der Waals surface area contributed by atoms with Crippen molar-refractivity contribution in [3.05, 3.63) is 97.1 Å². The first kappa shape index (κ1) is 20.6. The molecule has 0 aliphatic rings. The van der Waals surface area contributed by atoms with E-state index in [0.29, 0.717) is 0 Å². The van der Waals surface area contributed by atoms with Crippen molar-refractivity contribution in [3.63, 3.8) is 0 Å². The first-order chi connectivity index (χ1) is 16.0. The number of hydrogen-bond donors (Lipinski definition) is 0. The Morgan fingerprint density at radius 1 is 0.606 bits per heavy atom.